The molecule has 2 fully saturated rings. The maximum absolute atomic E-state index is 12.8. The highest BCUT2D eigenvalue weighted by Crippen LogP contribution is 2.25. The summed E-state index contributed by atoms with van der Waals surface area (Å²) in [6.45, 7) is 5.92. The molecule has 0 unspecified atom stereocenters. The molecular formula is C20H27N7O. The zero-order valence-corrected chi connectivity index (χ0v) is 16.2. The number of aromatic nitrogens is 4. The monoisotopic (exact) mass is 381 g/mol. The topological polar surface area (TPSA) is 70.4 Å². The SMILES string of the molecule is O=C(CN1CCc2cn(-c3cncnc3)nc2C1)N1CCN(C2CCC2)CC1. The third-order valence-corrected chi connectivity index (χ3v) is 6.38. The molecule has 1 saturated carbocycles. The zero-order valence-electron chi connectivity index (χ0n) is 16.2. The van der Waals surface area contributed by atoms with Gasteiger partial charge in [-0.3, -0.25) is 14.6 Å². The van der Waals surface area contributed by atoms with Crippen molar-refractivity contribution in [1.29, 1.82) is 0 Å². The Labute approximate surface area is 165 Å². The fraction of sp³-hybridized carbons (Fsp3) is 0.600. The van der Waals surface area contributed by atoms with E-state index in [1.807, 2.05) is 9.58 Å². The lowest BCUT2D eigenvalue weighted by atomic mass is 9.91. The number of carbonyl (C=O) groups excluding carboxylic acids is 1. The maximum Gasteiger partial charge on any atom is 0.236 e. The van der Waals surface area contributed by atoms with Crippen LogP contribution in [0.4, 0.5) is 0 Å². The summed E-state index contributed by atoms with van der Waals surface area (Å²) in [5.41, 5.74) is 3.17. The second kappa shape index (κ2) is 7.60. The molecule has 0 bridgehead atoms. The molecule has 8 nitrogen and oxygen atoms in total. The third kappa shape index (κ3) is 3.54. The van der Waals surface area contributed by atoms with E-state index in [4.69, 9.17) is 5.10 Å². The van der Waals surface area contributed by atoms with E-state index in [-0.39, 0.29) is 5.91 Å². The number of rotatable bonds is 4. The summed E-state index contributed by atoms with van der Waals surface area (Å²) in [6.07, 6.45) is 12.1. The van der Waals surface area contributed by atoms with E-state index in [1.165, 1.54) is 31.2 Å². The summed E-state index contributed by atoms with van der Waals surface area (Å²) in [5.74, 6) is 0.257. The maximum atomic E-state index is 12.8. The van der Waals surface area contributed by atoms with Crippen molar-refractivity contribution >= 4 is 5.91 Å². The summed E-state index contributed by atoms with van der Waals surface area (Å²) in [4.78, 5) is 27.8. The van der Waals surface area contributed by atoms with Gasteiger partial charge in [0.15, 0.2) is 0 Å². The summed E-state index contributed by atoms with van der Waals surface area (Å²) in [6, 6.07) is 0.780. The van der Waals surface area contributed by atoms with Crippen molar-refractivity contribution in [3.8, 4) is 5.69 Å². The van der Waals surface area contributed by atoms with Crippen LogP contribution in [0, 0.1) is 0 Å². The van der Waals surface area contributed by atoms with Crippen molar-refractivity contribution in [2.24, 2.45) is 0 Å². The lowest BCUT2D eigenvalue weighted by Crippen LogP contribution is -2.55. The Kier molecular flexibility index (Phi) is 4.82. The van der Waals surface area contributed by atoms with Gasteiger partial charge in [-0.15, -0.1) is 0 Å². The highest BCUT2D eigenvalue weighted by molar-refractivity contribution is 5.78. The predicted molar refractivity (Wildman–Crippen MR) is 104 cm³/mol. The molecule has 5 rings (SSSR count). The number of piperazine rings is 1. The molecule has 1 amide bonds. The first kappa shape index (κ1) is 17.8. The number of hydrogen-bond donors (Lipinski definition) is 0. The Bertz CT molecular complexity index is 824. The van der Waals surface area contributed by atoms with Crippen LogP contribution in [0.1, 0.15) is 30.5 Å². The molecule has 0 spiro atoms. The lowest BCUT2D eigenvalue weighted by Gasteiger charge is -2.43. The van der Waals surface area contributed by atoms with Gasteiger partial charge in [0.2, 0.25) is 5.91 Å². The highest BCUT2D eigenvalue weighted by atomic mass is 16.2. The summed E-state index contributed by atoms with van der Waals surface area (Å²) in [5, 5.41) is 4.70. The van der Waals surface area contributed by atoms with Crippen LogP contribution in [0.2, 0.25) is 0 Å². The molecule has 0 aromatic carbocycles. The number of hydrogen-bond acceptors (Lipinski definition) is 6. The van der Waals surface area contributed by atoms with E-state index in [1.54, 1.807) is 12.4 Å². The molecule has 0 atom stereocenters. The van der Waals surface area contributed by atoms with Crippen molar-refractivity contribution in [2.45, 2.75) is 38.3 Å². The fourth-order valence-corrected chi connectivity index (χ4v) is 4.41. The van der Waals surface area contributed by atoms with Crippen LogP contribution in [-0.4, -0.2) is 85.7 Å². The van der Waals surface area contributed by atoms with E-state index >= 15 is 0 Å². The van der Waals surface area contributed by atoms with Gasteiger partial charge in [0.1, 0.15) is 12.0 Å². The number of amides is 1. The summed E-state index contributed by atoms with van der Waals surface area (Å²) < 4.78 is 1.84. The minimum absolute atomic E-state index is 0.257. The molecule has 4 heterocycles. The Morgan fingerprint density at radius 3 is 2.57 bits per heavy atom. The lowest BCUT2D eigenvalue weighted by molar-refractivity contribution is -0.135. The molecule has 148 valence electrons. The van der Waals surface area contributed by atoms with Gasteiger partial charge in [0.05, 0.1) is 24.6 Å². The minimum Gasteiger partial charge on any atom is -0.339 e. The van der Waals surface area contributed by atoms with Gasteiger partial charge < -0.3 is 4.90 Å². The van der Waals surface area contributed by atoms with Gasteiger partial charge in [-0.2, -0.15) is 5.10 Å². The molecule has 2 aromatic rings. The van der Waals surface area contributed by atoms with E-state index in [0.717, 1.165) is 63.1 Å². The summed E-state index contributed by atoms with van der Waals surface area (Å²) >= 11 is 0. The van der Waals surface area contributed by atoms with Gasteiger partial charge in [0, 0.05) is 51.5 Å². The fourth-order valence-electron chi connectivity index (χ4n) is 4.41. The minimum atomic E-state index is 0.257. The van der Waals surface area contributed by atoms with Crippen molar-refractivity contribution in [1.82, 2.24) is 34.4 Å². The Morgan fingerprint density at radius 1 is 1.07 bits per heavy atom. The first-order chi connectivity index (χ1) is 13.8. The molecule has 1 aliphatic carbocycles. The first-order valence-electron chi connectivity index (χ1n) is 10.3. The third-order valence-electron chi connectivity index (χ3n) is 6.38. The Morgan fingerprint density at radius 2 is 1.86 bits per heavy atom. The normalized spacial score (nSPS) is 21.4. The predicted octanol–water partition coefficient (Wildman–Crippen LogP) is 0.717. The molecule has 2 aromatic heterocycles. The van der Waals surface area contributed by atoms with Gasteiger partial charge in [-0.25, -0.2) is 14.6 Å². The average Bonchev–Trinajstić information content (AvgIpc) is 3.11. The van der Waals surface area contributed by atoms with E-state index in [0.29, 0.717) is 6.54 Å². The van der Waals surface area contributed by atoms with E-state index in [2.05, 4.69) is 26.0 Å². The van der Waals surface area contributed by atoms with Gasteiger partial charge in [-0.1, -0.05) is 6.42 Å². The van der Waals surface area contributed by atoms with Crippen molar-refractivity contribution < 1.29 is 4.79 Å². The smallest absolute Gasteiger partial charge is 0.236 e. The second-order valence-corrected chi connectivity index (χ2v) is 8.10. The molecule has 0 radical (unpaired) electrons. The molecule has 0 N–H and O–H groups in total. The van der Waals surface area contributed by atoms with Crippen LogP contribution in [0.5, 0.6) is 0 Å². The molecule has 8 heteroatoms. The molecule has 1 saturated heterocycles. The van der Waals surface area contributed by atoms with Crippen LogP contribution >= 0.6 is 0 Å². The Balaban J connectivity index is 1.16. The van der Waals surface area contributed by atoms with Crippen molar-refractivity contribution in [3.05, 3.63) is 36.2 Å². The number of fused-ring (bicyclic) bond motifs is 1. The molecular weight excluding hydrogens is 354 g/mol. The summed E-state index contributed by atoms with van der Waals surface area (Å²) in [7, 11) is 0. The quantitative estimate of drug-likeness (QED) is 0.777. The van der Waals surface area contributed by atoms with E-state index < -0.39 is 0 Å². The van der Waals surface area contributed by atoms with Crippen LogP contribution < -0.4 is 0 Å². The van der Waals surface area contributed by atoms with Crippen LogP contribution in [0.25, 0.3) is 5.69 Å². The zero-order chi connectivity index (χ0) is 18.9. The molecule has 3 aliphatic rings. The highest BCUT2D eigenvalue weighted by Gasteiger charge is 2.30. The van der Waals surface area contributed by atoms with Gasteiger partial charge >= 0.3 is 0 Å². The average molecular weight is 381 g/mol. The first-order valence-corrected chi connectivity index (χ1v) is 10.3. The molecule has 2 aliphatic heterocycles. The molecule has 28 heavy (non-hydrogen) atoms. The number of nitrogens with zero attached hydrogens (tertiary/aromatic N) is 7. The Hall–Kier alpha value is -2.32. The van der Waals surface area contributed by atoms with Crippen molar-refractivity contribution in [2.75, 3.05) is 39.3 Å². The second-order valence-electron chi connectivity index (χ2n) is 8.10. The van der Waals surface area contributed by atoms with E-state index in [9.17, 15) is 4.79 Å². The number of carbonyl (C=O) groups is 1. The van der Waals surface area contributed by atoms with Gasteiger partial charge in [0.25, 0.3) is 0 Å². The van der Waals surface area contributed by atoms with Crippen LogP contribution in [0.3, 0.4) is 0 Å². The standard InChI is InChI=1S/C20H27N7O/c28-20(26-8-6-25(7-9-26)17-2-1-3-17)14-24-5-4-16-12-27(23-19(16)13-24)18-10-21-15-22-11-18/h10-12,15,17H,1-9,13-14H2. The van der Waals surface area contributed by atoms with Crippen molar-refractivity contribution in [3.63, 3.8) is 0 Å². The van der Waals surface area contributed by atoms with Crippen LogP contribution in [-0.2, 0) is 17.8 Å². The van der Waals surface area contributed by atoms with Gasteiger partial charge in [-0.05, 0) is 24.8 Å². The van der Waals surface area contributed by atoms with Crippen LogP contribution in [0.15, 0.2) is 24.9 Å². The largest absolute Gasteiger partial charge is 0.339 e.